The van der Waals surface area contributed by atoms with E-state index < -0.39 is 0 Å². The summed E-state index contributed by atoms with van der Waals surface area (Å²) in [6.07, 6.45) is 0.628. The fourth-order valence-corrected chi connectivity index (χ4v) is 1.74. The topological polar surface area (TPSA) is 25.8 Å². The Hall–Kier alpha value is -1.48. The van der Waals surface area contributed by atoms with Crippen molar-refractivity contribution in [1.82, 2.24) is 9.97 Å². The Morgan fingerprint density at radius 3 is 2.50 bits per heavy atom. The van der Waals surface area contributed by atoms with Gasteiger partial charge in [-0.3, -0.25) is 0 Å². The number of hydrogen-bond acceptors (Lipinski definition) is 2. The molecule has 2 nitrogen and oxygen atoms in total. The van der Waals surface area contributed by atoms with E-state index in [1.807, 2.05) is 0 Å². The van der Waals surface area contributed by atoms with Gasteiger partial charge in [0.2, 0.25) is 0 Å². The minimum Gasteiger partial charge on any atom is -0.238 e. The molecule has 0 saturated carbocycles. The fourth-order valence-electron chi connectivity index (χ4n) is 1.49. The Kier molecular flexibility index (Phi) is 3.15. The van der Waals surface area contributed by atoms with Crippen LogP contribution in [0.3, 0.4) is 0 Å². The van der Waals surface area contributed by atoms with Crippen molar-refractivity contribution in [3.63, 3.8) is 0 Å². The number of rotatable bonds is 2. The Bertz CT molecular complexity index is 477. The van der Waals surface area contributed by atoms with E-state index in [9.17, 15) is 4.39 Å². The molecule has 0 amide bonds. The van der Waals surface area contributed by atoms with Crippen LogP contribution < -0.4 is 0 Å². The molecule has 0 spiro atoms. The number of halogens is 2. The second kappa shape index (κ2) is 4.58. The van der Waals surface area contributed by atoms with Crippen LogP contribution in [0.5, 0.6) is 0 Å². The molecule has 2 rings (SSSR count). The second-order valence-electron chi connectivity index (χ2n) is 3.53. The highest BCUT2D eigenvalue weighted by Gasteiger charge is 2.02. The lowest BCUT2D eigenvalue weighted by Crippen LogP contribution is -1.97. The molecule has 0 saturated heterocycles. The van der Waals surface area contributed by atoms with Crippen LogP contribution in [0.15, 0.2) is 30.3 Å². The highest BCUT2D eigenvalue weighted by Crippen LogP contribution is 2.12. The van der Waals surface area contributed by atoms with Crippen molar-refractivity contribution in [3.05, 3.63) is 58.4 Å². The summed E-state index contributed by atoms with van der Waals surface area (Å²) in [6, 6.07) is 8.06. The smallest absolute Gasteiger partial charge is 0.133 e. The van der Waals surface area contributed by atoms with Gasteiger partial charge >= 0.3 is 0 Å². The van der Waals surface area contributed by atoms with Gasteiger partial charge in [-0.05, 0) is 30.7 Å². The van der Waals surface area contributed by atoms with Gasteiger partial charge < -0.3 is 0 Å². The lowest BCUT2D eigenvalue weighted by Gasteiger charge is -2.02. The van der Waals surface area contributed by atoms with E-state index >= 15 is 0 Å². The molecule has 2 aromatic rings. The maximum absolute atomic E-state index is 12.7. The summed E-state index contributed by atoms with van der Waals surface area (Å²) in [4.78, 5) is 8.25. The van der Waals surface area contributed by atoms with Gasteiger partial charge in [0.1, 0.15) is 16.8 Å². The van der Waals surface area contributed by atoms with E-state index in [2.05, 4.69) is 9.97 Å². The van der Waals surface area contributed by atoms with Gasteiger partial charge in [-0.25, -0.2) is 14.4 Å². The van der Waals surface area contributed by atoms with E-state index in [0.717, 1.165) is 11.3 Å². The molecule has 0 radical (unpaired) electrons. The summed E-state index contributed by atoms with van der Waals surface area (Å²) in [5.74, 6) is 0.408. The summed E-state index contributed by atoms with van der Waals surface area (Å²) in [5.41, 5.74) is 1.83. The Balaban J connectivity index is 2.23. The second-order valence-corrected chi connectivity index (χ2v) is 3.92. The number of benzene rings is 1. The Labute approximate surface area is 98.1 Å². The molecule has 1 aromatic carbocycles. The minimum absolute atomic E-state index is 0.236. The lowest BCUT2D eigenvalue weighted by atomic mass is 10.1. The van der Waals surface area contributed by atoms with E-state index in [4.69, 9.17) is 11.6 Å². The maximum Gasteiger partial charge on any atom is 0.133 e. The van der Waals surface area contributed by atoms with Gasteiger partial charge in [-0.1, -0.05) is 23.7 Å². The number of aryl methyl sites for hydroxylation is 1. The predicted molar refractivity (Wildman–Crippen MR) is 61.0 cm³/mol. The molecule has 0 atom stereocenters. The molecule has 82 valence electrons. The lowest BCUT2D eigenvalue weighted by molar-refractivity contribution is 0.627. The van der Waals surface area contributed by atoms with Crippen LogP contribution >= 0.6 is 11.6 Å². The van der Waals surface area contributed by atoms with Crippen LogP contribution in [-0.4, -0.2) is 9.97 Å². The average Bonchev–Trinajstić information content (AvgIpc) is 2.20. The fraction of sp³-hybridized carbons (Fsp3) is 0.167. The first-order chi connectivity index (χ1) is 7.63. The molecule has 1 heterocycles. The van der Waals surface area contributed by atoms with E-state index in [1.54, 1.807) is 25.1 Å². The normalized spacial score (nSPS) is 10.4. The van der Waals surface area contributed by atoms with Crippen LogP contribution in [-0.2, 0) is 6.42 Å². The van der Waals surface area contributed by atoms with Crippen molar-refractivity contribution >= 4 is 11.6 Å². The third kappa shape index (κ3) is 2.76. The van der Waals surface area contributed by atoms with Gasteiger partial charge in [0, 0.05) is 12.1 Å². The van der Waals surface area contributed by atoms with E-state index in [0.29, 0.717) is 17.4 Å². The monoisotopic (exact) mass is 236 g/mol. The third-order valence-corrected chi connectivity index (χ3v) is 2.35. The standard InChI is InChI=1S/C12H10ClFN2/c1-8-15-11(7-12(13)16-8)6-9-2-4-10(14)5-3-9/h2-5,7H,6H2,1H3. The first kappa shape index (κ1) is 11.0. The van der Waals surface area contributed by atoms with Gasteiger partial charge in [0.25, 0.3) is 0 Å². The molecule has 0 N–H and O–H groups in total. The SMILES string of the molecule is Cc1nc(Cl)cc(Cc2ccc(F)cc2)n1. The highest BCUT2D eigenvalue weighted by molar-refractivity contribution is 6.29. The summed E-state index contributed by atoms with van der Waals surface area (Å²) in [5, 5.41) is 0.435. The Morgan fingerprint density at radius 2 is 1.88 bits per heavy atom. The molecular weight excluding hydrogens is 227 g/mol. The zero-order valence-electron chi connectivity index (χ0n) is 8.74. The summed E-state index contributed by atoms with van der Waals surface area (Å²) in [6.45, 7) is 1.79. The van der Waals surface area contributed by atoms with Gasteiger partial charge in [0.05, 0.1) is 0 Å². The molecule has 0 fully saturated rings. The highest BCUT2D eigenvalue weighted by atomic mass is 35.5. The summed E-state index contributed by atoms with van der Waals surface area (Å²) >= 11 is 5.83. The van der Waals surface area contributed by atoms with Gasteiger partial charge in [-0.2, -0.15) is 0 Å². The van der Waals surface area contributed by atoms with Crippen molar-refractivity contribution < 1.29 is 4.39 Å². The molecule has 0 aliphatic heterocycles. The van der Waals surface area contributed by atoms with Gasteiger partial charge in [-0.15, -0.1) is 0 Å². The van der Waals surface area contributed by atoms with Crippen molar-refractivity contribution in [2.24, 2.45) is 0 Å². The predicted octanol–water partition coefficient (Wildman–Crippen LogP) is 3.17. The molecular formula is C12H10ClFN2. The molecule has 0 aliphatic rings. The number of hydrogen-bond donors (Lipinski definition) is 0. The van der Waals surface area contributed by atoms with Crippen LogP contribution in [0.2, 0.25) is 5.15 Å². The maximum atomic E-state index is 12.7. The quantitative estimate of drug-likeness (QED) is 0.749. The van der Waals surface area contributed by atoms with Crippen molar-refractivity contribution in [2.75, 3.05) is 0 Å². The van der Waals surface area contributed by atoms with E-state index in [1.165, 1.54) is 12.1 Å². The molecule has 0 unspecified atom stereocenters. The third-order valence-electron chi connectivity index (χ3n) is 2.16. The minimum atomic E-state index is -0.236. The van der Waals surface area contributed by atoms with Crippen LogP contribution in [0.1, 0.15) is 17.1 Å². The zero-order valence-corrected chi connectivity index (χ0v) is 9.50. The zero-order chi connectivity index (χ0) is 11.5. The van der Waals surface area contributed by atoms with Crippen molar-refractivity contribution in [2.45, 2.75) is 13.3 Å². The molecule has 16 heavy (non-hydrogen) atoms. The van der Waals surface area contributed by atoms with Crippen LogP contribution in [0, 0.1) is 12.7 Å². The molecule has 4 heteroatoms. The van der Waals surface area contributed by atoms with Gasteiger partial charge in [0.15, 0.2) is 0 Å². The molecule has 0 bridgehead atoms. The van der Waals surface area contributed by atoms with E-state index in [-0.39, 0.29) is 5.82 Å². The largest absolute Gasteiger partial charge is 0.238 e. The van der Waals surface area contributed by atoms with Crippen molar-refractivity contribution in [3.8, 4) is 0 Å². The van der Waals surface area contributed by atoms with Crippen molar-refractivity contribution in [1.29, 1.82) is 0 Å². The average molecular weight is 237 g/mol. The first-order valence-electron chi connectivity index (χ1n) is 4.88. The number of nitrogens with zero attached hydrogens (tertiary/aromatic N) is 2. The van der Waals surface area contributed by atoms with Crippen LogP contribution in [0.4, 0.5) is 4.39 Å². The van der Waals surface area contributed by atoms with Crippen LogP contribution in [0.25, 0.3) is 0 Å². The molecule has 1 aromatic heterocycles. The molecule has 0 aliphatic carbocycles. The first-order valence-corrected chi connectivity index (χ1v) is 5.26. The Morgan fingerprint density at radius 1 is 1.19 bits per heavy atom. The summed E-state index contributed by atoms with van der Waals surface area (Å²) < 4.78 is 12.7. The summed E-state index contributed by atoms with van der Waals surface area (Å²) in [7, 11) is 0. The number of aromatic nitrogens is 2.